The van der Waals surface area contributed by atoms with E-state index >= 15 is 0 Å². The molecule has 2 aliphatic heterocycles. The predicted molar refractivity (Wildman–Crippen MR) is 71.5 cm³/mol. The summed E-state index contributed by atoms with van der Waals surface area (Å²) in [5.74, 6) is 0. The van der Waals surface area contributed by atoms with E-state index in [2.05, 4.69) is 15.2 Å². The summed E-state index contributed by atoms with van der Waals surface area (Å²) in [6.45, 7) is 4.65. The monoisotopic (exact) mass is 305 g/mol. The number of thiazole rings is 1. The van der Waals surface area contributed by atoms with Crippen molar-refractivity contribution in [2.45, 2.75) is 32.0 Å². The van der Waals surface area contributed by atoms with Crippen LogP contribution in [0.25, 0.3) is 0 Å². The van der Waals surface area contributed by atoms with E-state index in [1.165, 1.54) is 6.42 Å². The molecule has 2 aliphatic rings. The number of nitrogens with one attached hydrogen (secondary N) is 1. The molecule has 2 saturated heterocycles. The molecular weight excluding hydrogens is 287 g/mol. The maximum absolute atomic E-state index is 12.5. The van der Waals surface area contributed by atoms with Crippen LogP contribution < -0.4 is 5.32 Å². The maximum Gasteiger partial charge on any atom is 0.434 e. The fourth-order valence-corrected chi connectivity index (χ4v) is 3.85. The first-order chi connectivity index (χ1) is 9.47. The van der Waals surface area contributed by atoms with Gasteiger partial charge in [-0.25, -0.2) is 4.98 Å². The maximum atomic E-state index is 12.5. The SMILES string of the molecule is FC(F)(F)c1csc(CN2CCCC3(CC2)CNC3)n1. The van der Waals surface area contributed by atoms with Crippen molar-refractivity contribution >= 4 is 11.3 Å². The van der Waals surface area contributed by atoms with E-state index in [0.717, 1.165) is 55.7 Å². The minimum Gasteiger partial charge on any atom is -0.316 e. The number of rotatable bonds is 2. The summed E-state index contributed by atoms with van der Waals surface area (Å²) in [4.78, 5) is 5.96. The molecule has 7 heteroatoms. The van der Waals surface area contributed by atoms with E-state index in [-0.39, 0.29) is 0 Å². The summed E-state index contributed by atoms with van der Waals surface area (Å²) >= 11 is 1.11. The third-order valence-corrected chi connectivity index (χ3v) is 5.17. The minimum absolute atomic E-state index is 0.453. The normalized spacial score (nSPS) is 23.6. The Morgan fingerprint density at radius 3 is 2.70 bits per heavy atom. The second-order valence-corrected chi connectivity index (χ2v) is 6.80. The first-order valence-electron chi connectivity index (χ1n) is 6.92. The van der Waals surface area contributed by atoms with Crippen LogP contribution in [-0.2, 0) is 12.7 Å². The Morgan fingerprint density at radius 2 is 2.10 bits per heavy atom. The molecule has 1 aromatic rings. The van der Waals surface area contributed by atoms with Crippen molar-refractivity contribution in [3.05, 3.63) is 16.1 Å². The molecule has 20 heavy (non-hydrogen) atoms. The summed E-state index contributed by atoms with van der Waals surface area (Å²) in [7, 11) is 0. The number of nitrogens with zero attached hydrogens (tertiary/aromatic N) is 2. The quantitative estimate of drug-likeness (QED) is 0.910. The Balaban J connectivity index is 1.59. The van der Waals surface area contributed by atoms with Gasteiger partial charge in [-0.05, 0) is 37.8 Å². The molecule has 3 nitrogen and oxygen atoms in total. The van der Waals surface area contributed by atoms with E-state index in [4.69, 9.17) is 0 Å². The molecule has 3 rings (SSSR count). The molecular formula is C13H18F3N3S. The van der Waals surface area contributed by atoms with Crippen LogP contribution in [0.3, 0.4) is 0 Å². The van der Waals surface area contributed by atoms with Gasteiger partial charge >= 0.3 is 6.18 Å². The Kier molecular flexibility index (Phi) is 3.77. The lowest BCUT2D eigenvalue weighted by Crippen LogP contribution is -2.53. The van der Waals surface area contributed by atoms with E-state index in [0.29, 0.717) is 17.0 Å². The van der Waals surface area contributed by atoms with Gasteiger partial charge in [0.25, 0.3) is 0 Å². The lowest BCUT2D eigenvalue weighted by molar-refractivity contribution is -0.140. The van der Waals surface area contributed by atoms with Crippen LogP contribution in [0.2, 0.25) is 0 Å². The highest BCUT2D eigenvalue weighted by atomic mass is 32.1. The van der Waals surface area contributed by atoms with E-state index in [9.17, 15) is 13.2 Å². The summed E-state index contributed by atoms with van der Waals surface area (Å²) in [6, 6.07) is 0. The Morgan fingerprint density at radius 1 is 1.30 bits per heavy atom. The van der Waals surface area contributed by atoms with Crippen LogP contribution in [-0.4, -0.2) is 36.1 Å². The third-order valence-electron chi connectivity index (χ3n) is 4.34. The van der Waals surface area contributed by atoms with Crippen molar-refractivity contribution in [3.63, 3.8) is 0 Å². The molecule has 0 aromatic carbocycles. The van der Waals surface area contributed by atoms with Gasteiger partial charge in [0.15, 0.2) is 5.69 Å². The number of likely N-dealkylation sites (tertiary alicyclic amines) is 1. The number of halogens is 3. The van der Waals surface area contributed by atoms with Gasteiger partial charge in [0.05, 0.1) is 6.54 Å². The molecule has 1 aromatic heterocycles. The molecule has 0 atom stereocenters. The highest BCUT2D eigenvalue weighted by Crippen LogP contribution is 2.35. The Bertz CT molecular complexity index is 468. The Hall–Kier alpha value is -0.660. The molecule has 1 N–H and O–H groups in total. The van der Waals surface area contributed by atoms with Crippen molar-refractivity contribution in [1.82, 2.24) is 15.2 Å². The smallest absolute Gasteiger partial charge is 0.316 e. The van der Waals surface area contributed by atoms with Crippen molar-refractivity contribution in [2.75, 3.05) is 26.2 Å². The van der Waals surface area contributed by atoms with Crippen LogP contribution in [0.5, 0.6) is 0 Å². The van der Waals surface area contributed by atoms with Gasteiger partial charge in [0, 0.05) is 18.5 Å². The second kappa shape index (κ2) is 5.27. The van der Waals surface area contributed by atoms with Crippen molar-refractivity contribution in [3.8, 4) is 0 Å². The highest BCUT2D eigenvalue weighted by Gasteiger charge is 2.38. The highest BCUT2D eigenvalue weighted by molar-refractivity contribution is 7.09. The largest absolute Gasteiger partial charge is 0.434 e. The van der Waals surface area contributed by atoms with Crippen molar-refractivity contribution in [2.24, 2.45) is 5.41 Å². The summed E-state index contributed by atoms with van der Waals surface area (Å²) in [6.07, 6.45) is -0.839. The molecule has 2 fully saturated rings. The first-order valence-corrected chi connectivity index (χ1v) is 7.80. The van der Waals surface area contributed by atoms with Gasteiger partial charge in [0.1, 0.15) is 5.01 Å². The minimum atomic E-state index is -4.32. The zero-order chi connectivity index (χ0) is 14.2. The zero-order valence-electron chi connectivity index (χ0n) is 11.2. The third kappa shape index (κ3) is 2.99. The molecule has 0 amide bonds. The Labute approximate surface area is 120 Å². The summed E-state index contributed by atoms with van der Waals surface area (Å²) in [5.41, 5.74) is -0.304. The van der Waals surface area contributed by atoms with Crippen LogP contribution >= 0.6 is 11.3 Å². The number of hydrogen-bond donors (Lipinski definition) is 1. The van der Waals surface area contributed by atoms with Crippen molar-refractivity contribution in [1.29, 1.82) is 0 Å². The molecule has 0 bridgehead atoms. The van der Waals surface area contributed by atoms with Crippen LogP contribution in [0, 0.1) is 5.41 Å². The number of alkyl halides is 3. The van der Waals surface area contributed by atoms with E-state index in [1.807, 2.05) is 0 Å². The topological polar surface area (TPSA) is 28.2 Å². The second-order valence-electron chi connectivity index (χ2n) is 5.86. The van der Waals surface area contributed by atoms with Gasteiger partial charge in [-0.2, -0.15) is 13.2 Å². The predicted octanol–water partition coefficient (Wildman–Crippen LogP) is 2.74. The number of hydrogen-bond acceptors (Lipinski definition) is 4. The lowest BCUT2D eigenvalue weighted by Gasteiger charge is -2.42. The molecule has 0 saturated carbocycles. The first kappa shape index (κ1) is 14.3. The molecule has 0 aliphatic carbocycles. The van der Waals surface area contributed by atoms with E-state index in [1.54, 1.807) is 0 Å². The molecule has 3 heterocycles. The standard InChI is InChI=1S/C13H18F3N3S/c14-13(15,16)10-7-20-11(18-10)6-19-4-1-2-12(3-5-19)8-17-9-12/h7,17H,1-6,8-9H2. The fourth-order valence-electron chi connectivity index (χ4n) is 3.00. The van der Waals surface area contributed by atoms with Gasteiger partial charge in [0.2, 0.25) is 0 Å². The van der Waals surface area contributed by atoms with Crippen LogP contribution in [0.4, 0.5) is 13.2 Å². The van der Waals surface area contributed by atoms with Gasteiger partial charge in [-0.3, -0.25) is 4.90 Å². The fraction of sp³-hybridized carbons (Fsp3) is 0.769. The summed E-state index contributed by atoms with van der Waals surface area (Å²) < 4.78 is 37.6. The van der Waals surface area contributed by atoms with Crippen LogP contribution in [0.15, 0.2) is 5.38 Å². The van der Waals surface area contributed by atoms with Crippen molar-refractivity contribution < 1.29 is 13.2 Å². The summed E-state index contributed by atoms with van der Waals surface area (Å²) in [5, 5.41) is 5.02. The van der Waals surface area contributed by atoms with E-state index < -0.39 is 11.9 Å². The molecule has 0 radical (unpaired) electrons. The average molecular weight is 305 g/mol. The van der Waals surface area contributed by atoms with Gasteiger partial charge in [-0.15, -0.1) is 11.3 Å². The van der Waals surface area contributed by atoms with Crippen LogP contribution in [0.1, 0.15) is 30.0 Å². The molecule has 1 spiro atoms. The van der Waals surface area contributed by atoms with Gasteiger partial charge < -0.3 is 5.32 Å². The molecule has 0 unspecified atom stereocenters. The average Bonchev–Trinajstić information content (AvgIpc) is 2.68. The number of aromatic nitrogens is 1. The molecule has 112 valence electrons. The van der Waals surface area contributed by atoms with Gasteiger partial charge in [-0.1, -0.05) is 0 Å². The lowest BCUT2D eigenvalue weighted by atomic mass is 9.75. The zero-order valence-corrected chi connectivity index (χ0v) is 12.0.